The number of phosphoric acid groups is 1. The Labute approximate surface area is 346 Å². The second-order valence-electron chi connectivity index (χ2n) is 16.3. The first-order valence-corrected chi connectivity index (χ1v) is 24.6. The molecule has 6 N–H and O–H groups in total. The van der Waals surface area contributed by atoms with Crippen molar-refractivity contribution in [1.82, 2.24) is 0 Å². The summed E-state index contributed by atoms with van der Waals surface area (Å²) < 4.78 is 33.9. The molecule has 0 aromatic rings. The maximum Gasteiger partial charge on any atom is 0.472 e. The van der Waals surface area contributed by atoms with E-state index in [-0.39, 0.29) is 13.0 Å². The molecule has 1 aliphatic rings. The van der Waals surface area contributed by atoms with E-state index < -0.39 is 63.1 Å². The zero-order chi connectivity index (χ0) is 42.0. The first kappa shape index (κ1) is 53.9. The second kappa shape index (κ2) is 35.7. The number of unbranched alkanes of at least 4 members (excludes halogenated alkanes) is 27. The van der Waals surface area contributed by atoms with Gasteiger partial charge in [0, 0.05) is 6.42 Å². The van der Waals surface area contributed by atoms with Crippen LogP contribution in [0.2, 0.25) is 0 Å². The molecule has 0 radical (unpaired) electrons. The largest absolute Gasteiger partial charge is 0.498 e. The topological polar surface area (TPSA) is 192 Å². The zero-order valence-electron chi connectivity index (χ0n) is 35.9. The van der Waals surface area contributed by atoms with Gasteiger partial charge < -0.3 is 39.9 Å². The summed E-state index contributed by atoms with van der Waals surface area (Å²) in [7, 11) is -5.03. The summed E-state index contributed by atoms with van der Waals surface area (Å²) in [5.74, 6) is -0.496. The lowest BCUT2D eigenvalue weighted by Gasteiger charge is -2.41. The van der Waals surface area contributed by atoms with Crippen LogP contribution in [0.1, 0.15) is 206 Å². The van der Waals surface area contributed by atoms with Crippen LogP contribution in [-0.4, -0.2) is 92.3 Å². The molecule has 0 aromatic carbocycles. The molecule has 1 aliphatic carbocycles. The molecule has 0 amide bonds. The molecule has 1 saturated carbocycles. The number of aliphatic hydroxyl groups is 5. The van der Waals surface area contributed by atoms with E-state index in [1.54, 1.807) is 0 Å². The number of allylic oxidation sites excluding steroid dienone is 1. The Morgan fingerprint density at radius 1 is 0.544 bits per heavy atom. The van der Waals surface area contributed by atoms with Gasteiger partial charge in [0.1, 0.15) is 43.2 Å². The van der Waals surface area contributed by atoms with Gasteiger partial charge in [0.15, 0.2) is 6.10 Å². The molecule has 0 spiro atoms. The van der Waals surface area contributed by atoms with E-state index in [2.05, 4.69) is 13.8 Å². The normalized spacial score (nSPS) is 22.8. The average Bonchev–Trinajstić information content (AvgIpc) is 3.19. The summed E-state index contributed by atoms with van der Waals surface area (Å²) in [6, 6.07) is 0. The molecule has 0 aromatic heterocycles. The highest BCUT2D eigenvalue weighted by Gasteiger charge is 2.51. The van der Waals surface area contributed by atoms with E-state index in [4.69, 9.17) is 18.5 Å². The summed E-state index contributed by atoms with van der Waals surface area (Å²) in [6.45, 7) is 3.74. The Hall–Kier alpha value is -1.08. The Kier molecular flexibility index (Phi) is 33.7. The lowest BCUT2D eigenvalue weighted by atomic mass is 9.85. The minimum Gasteiger partial charge on any atom is -0.498 e. The number of phosphoric ester groups is 1. The van der Waals surface area contributed by atoms with Crippen LogP contribution in [0.3, 0.4) is 0 Å². The van der Waals surface area contributed by atoms with Gasteiger partial charge >= 0.3 is 13.8 Å². The number of hydrogen-bond acceptors (Lipinski definition) is 11. The van der Waals surface area contributed by atoms with Gasteiger partial charge in [0.2, 0.25) is 0 Å². The summed E-state index contributed by atoms with van der Waals surface area (Å²) in [5, 5.41) is 50.1. The third kappa shape index (κ3) is 28.1. The molecule has 338 valence electrons. The summed E-state index contributed by atoms with van der Waals surface area (Å²) in [4.78, 5) is 23.1. The van der Waals surface area contributed by atoms with Crippen molar-refractivity contribution in [2.45, 2.75) is 249 Å². The monoisotopic (exact) mass is 837 g/mol. The van der Waals surface area contributed by atoms with Crippen LogP contribution < -0.4 is 0 Å². The highest BCUT2D eigenvalue weighted by atomic mass is 31.2. The number of esters is 1. The van der Waals surface area contributed by atoms with Crippen LogP contribution in [0, 0.1) is 0 Å². The first-order chi connectivity index (χ1) is 27.5. The van der Waals surface area contributed by atoms with Gasteiger partial charge in [-0.3, -0.25) is 13.8 Å². The Morgan fingerprint density at radius 3 is 1.33 bits per heavy atom. The smallest absolute Gasteiger partial charge is 0.472 e. The molecule has 8 atom stereocenters. The lowest BCUT2D eigenvalue weighted by molar-refractivity contribution is -0.220. The van der Waals surface area contributed by atoms with Crippen molar-refractivity contribution in [3.05, 3.63) is 12.3 Å². The number of ether oxygens (including phenoxy) is 2. The van der Waals surface area contributed by atoms with E-state index >= 15 is 0 Å². The number of rotatable bonds is 39. The van der Waals surface area contributed by atoms with Gasteiger partial charge in [0.05, 0.1) is 12.9 Å². The van der Waals surface area contributed by atoms with Gasteiger partial charge in [-0.25, -0.2) is 4.57 Å². The molecule has 0 saturated heterocycles. The third-order valence-corrected chi connectivity index (χ3v) is 12.0. The molecular weight excluding hydrogens is 751 g/mol. The number of hydrogen-bond donors (Lipinski definition) is 6. The van der Waals surface area contributed by atoms with Crippen LogP contribution in [0.4, 0.5) is 0 Å². The zero-order valence-corrected chi connectivity index (χ0v) is 36.8. The first-order valence-electron chi connectivity index (χ1n) is 23.1. The van der Waals surface area contributed by atoms with Gasteiger partial charge in [-0.1, -0.05) is 181 Å². The predicted octanol–water partition coefficient (Wildman–Crippen LogP) is 9.49. The molecular formula is C44H85O12P. The third-order valence-electron chi connectivity index (χ3n) is 11.0. The molecule has 12 nitrogen and oxygen atoms in total. The fourth-order valence-electron chi connectivity index (χ4n) is 7.26. The number of aliphatic hydroxyl groups excluding tert-OH is 5. The molecule has 0 bridgehead atoms. The van der Waals surface area contributed by atoms with Crippen LogP contribution in [0.5, 0.6) is 0 Å². The van der Waals surface area contributed by atoms with E-state index in [1.165, 1.54) is 148 Å². The summed E-state index contributed by atoms with van der Waals surface area (Å²) in [5.41, 5.74) is 0. The van der Waals surface area contributed by atoms with Crippen LogP contribution in [0.25, 0.3) is 0 Å². The van der Waals surface area contributed by atoms with Gasteiger partial charge in [-0.2, -0.15) is 0 Å². The summed E-state index contributed by atoms with van der Waals surface area (Å²) in [6.07, 6.45) is 26.5. The average molecular weight is 837 g/mol. The highest BCUT2D eigenvalue weighted by Crippen LogP contribution is 2.47. The Morgan fingerprint density at radius 2 is 0.912 bits per heavy atom. The fourth-order valence-corrected chi connectivity index (χ4v) is 8.24. The highest BCUT2D eigenvalue weighted by molar-refractivity contribution is 7.47. The van der Waals surface area contributed by atoms with Crippen molar-refractivity contribution in [3.8, 4) is 0 Å². The minimum absolute atomic E-state index is 0.155. The van der Waals surface area contributed by atoms with Crippen molar-refractivity contribution < 1.29 is 58.3 Å². The SMILES string of the molecule is CCCCCCCCCCCCCCCC/C=C\OC[C@H](COP(=O)(O)OC1C(O)C(O)C(O)[C@@H](O)C1O)OC(=O)CCCCCCCCCCCCCCCC. The van der Waals surface area contributed by atoms with Crippen molar-refractivity contribution in [2.75, 3.05) is 13.2 Å². The number of carbonyl (C=O) groups is 1. The molecule has 57 heavy (non-hydrogen) atoms. The molecule has 1 fully saturated rings. The van der Waals surface area contributed by atoms with Gasteiger partial charge in [-0.05, 0) is 25.3 Å². The molecule has 0 aliphatic heterocycles. The maximum atomic E-state index is 12.8. The van der Waals surface area contributed by atoms with Crippen molar-refractivity contribution >= 4 is 13.8 Å². The van der Waals surface area contributed by atoms with E-state index in [1.807, 2.05) is 6.08 Å². The maximum absolute atomic E-state index is 12.8. The molecule has 1 rings (SSSR count). The minimum atomic E-state index is -5.03. The Bertz CT molecular complexity index is 1000. The van der Waals surface area contributed by atoms with E-state index in [9.17, 15) is 39.8 Å². The van der Waals surface area contributed by atoms with Crippen molar-refractivity contribution in [1.29, 1.82) is 0 Å². The van der Waals surface area contributed by atoms with Crippen LogP contribution in [0.15, 0.2) is 12.3 Å². The molecule has 0 heterocycles. The fraction of sp³-hybridized carbons (Fsp3) is 0.932. The van der Waals surface area contributed by atoms with Gasteiger partial charge in [-0.15, -0.1) is 0 Å². The summed E-state index contributed by atoms with van der Waals surface area (Å²) >= 11 is 0. The predicted molar refractivity (Wildman–Crippen MR) is 226 cm³/mol. The molecule has 13 heteroatoms. The van der Waals surface area contributed by atoms with Crippen molar-refractivity contribution in [3.63, 3.8) is 0 Å². The van der Waals surface area contributed by atoms with E-state index in [0.29, 0.717) is 6.42 Å². The quantitative estimate of drug-likeness (QED) is 0.0149. The lowest BCUT2D eigenvalue weighted by Crippen LogP contribution is -2.64. The number of carbonyl (C=O) groups excluding carboxylic acids is 1. The molecule has 6 unspecified atom stereocenters. The van der Waals surface area contributed by atoms with Crippen molar-refractivity contribution in [2.24, 2.45) is 0 Å². The van der Waals surface area contributed by atoms with Crippen LogP contribution >= 0.6 is 7.82 Å². The Balaban J connectivity index is 2.41. The standard InChI is InChI=1S/C44H85O12P/c1-3-5-7-9-11-13-15-17-19-20-22-24-26-28-30-32-34-53-35-37(36-54-57(51,52)56-44-42(49)40(47)39(46)41(48)43(44)50)55-38(45)33-31-29-27-25-23-21-18-16-14-12-10-8-6-4-2/h32,34,37,39-44,46-50H,3-31,33,35-36H2,1-2H3,(H,51,52)/b34-32-/t37-,39?,40-,41?,42?,43?,44?/m1/s1. The second-order valence-corrected chi connectivity index (χ2v) is 17.7. The van der Waals surface area contributed by atoms with E-state index in [0.717, 1.165) is 38.5 Å². The van der Waals surface area contributed by atoms with Crippen LogP contribution in [-0.2, 0) is 27.9 Å². The van der Waals surface area contributed by atoms with Gasteiger partial charge in [0.25, 0.3) is 0 Å².